The summed E-state index contributed by atoms with van der Waals surface area (Å²) < 4.78 is 15.4. The molecule has 33 heavy (non-hydrogen) atoms. The highest BCUT2D eigenvalue weighted by atomic mass is 19.1. The Hall–Kier alpha value is -3.29. The summed E-state index contributed by atoms with van der Waals surface area (Å²) in [6.07, 6.45) is 8.17. The number of fused-ring (bicyclic) bond motifs is 1. The Bertz CT molecular complexity index is 1180. The quantitative estimate of drug-likeness (QED) is 0.604. The van der Waals surface area contributed by atoms with Gasteiger partial charge < -0.3 is 9.80 Å². The summed E-state index contributed by atoms with van der Waals surface area (Å²) in [6, 6.07) is 6.58. The number of hydrogen-bond donors (Lipinski definition) is 0. The van der Waals surface area contributed by atoms with Crippen molar-refractivity contribution < 1.29 is 9.18 Å². The second-order valence-corrected chi connectivity index (χ2v) is 9.04. The Morgan fingerprint density at radius 3 is 2.85 bits per heavy atom. The van der Waals surface area contributed by atoms with Crippen LogP contribution in [0.1, 0.15) is 64.7 Å². The lowest BCUT2D eigenvalue weighted by Crippen LogP contribution is -2.40. The van der Waals surface area contributed by atoms with E-state index >= 15 is 0 Å². The van der Waals surface area contributed by atoms with E-state index in [0.717, 1.165) is 61.3 Å². The number of carbonyl (C=O) groups excluding carboxylic acids is 1. The molecule has 4 heterocycles. The fourth-order valence-electron chi connectivity index (χ4n) is 5.01. The van der Waals surface area contributed by atoms with Crippen molar-refractivity contribution >= 4 is 11.7 Å². The molecule has 7 nitrogen and oxygen atoms in total. The van der Waals surface area contributed by atoms with Gasteiger partial charge in [-0.25, -0.2) is 14.4 Å². The number of halogens is 1. The number of carbonyl (C=O) groups is 1. The van der Waals surface area contributed by atoms with Crippen molar-refractivity contribution in [3.8, 4) is 0 Å². The lowest BCUT2D eigenvalue weighted by Gasteiger charge is -2.36. The van der Waals surface area contributed by atoms with Gasteiger partial charge in [-0.3, -0.25) is 9.48 Å². The van der Waals surface area contributed by atoms with Crippen molar-refractivity contribution in [3.63, 3.8) is 0 Å². The number of nitrogens with zero attached hydrogens (tertiary/aromatic N) is 6. The van der Waals surface area contributed by atoms with Gasteiger partial charge in [0.2, 0.25) is 0 Å². The van der Waals surface area contributed by atoms with Gasteiger partial charge in [0.05, 0.1) is 17.8 Å². The smallest absolute Gasteiger partial charge is 0.257 e. The molecule has 2 aliphatic heterocycles. The normalized spacial score (nSPS) is 18.3. The number of aryl methyl sites for hydroxylation is 2. The predicted molar refractivity (Wildman–Crippen MR) is 123 cm³/mol. The summed E-state index contributed by atoms with van der Waals surface area (Å²) in [7, 11) is 1.81. The first-order valence-corrected chi connectivity index (χ1v) is 11.7. The van der Waals surface area contributed by atoms with E-state index in [1.165, 1.54) is 6.07 Å². The maximum absolute atomic E-state index is 13.8. The summed E-state index contributed by atoms with van der Waals surface area (Å²) >= 11 is 0. The third-order valence-electron chi connectivity index (χ3n) is 6.64. The van der Waals surface area contributed by atoms with E-state index in [9.17, 15) is 9.18 Å². The number of hydrogen-bond acceptors (Lipinski definition) is 5. The van der Waals surface area contributed by atoms with Crippen molar-refractivity contribution in [2.75, 3.05) is 18.0 Å². The predicted octanol–water partition coefficient (Wildman–Crippen LogP) is 3.98. The molecule has 8 heteroatoms. The zero-order chi connectivity index (χ0) is 22.9. The molecule has 2 aromatic heterocycles. The van der Waals surface area contributed by atoms with Crippen LogP contribution < -0.4 is 4.90 Å². The van der Waals surface area contributed by atoms with Crippen molar-refractivity contribution in [1.29, 1.82) is 0 Å². The molecule has 1 fully saturated rings. The minimum Gasteiger partial charge on any atom is -0.352 e. The molecule has 0 unspecified atom stereocenters. The van der Waals surface area contributed by atoms with Gasteiger partial charge in [0.1, 0.15) is 11.6 Å². The number of piperidine rings is 1. The summed E-state index contributed by atoms with van der Waals surface area (Å²) in [4.78, 5) is 27.3. The summed E-state index contributed by atoms with van der Waals surface area (Å²) in [5, 5.41) is 4.16. The summed E-state index contributed by atoms with van der Waals surface area (Å²) in [6.45, 7) is 4.18. The van der Waals surface area contributed by atoms with Crippen LogP contribution in [0.25, 0.3) is 0 Å². The number of amides is 1. The minimum absolute atomic E-state index is 0.0246. The van der Waals surface area contributed by atoms with Gasteiger partial charge in [-0.1, -0.05) is 12.1 Å². The Balaban J connectivity index is 1.48. The van der Waals surface area contributed by atoms with Gasteiger partial charge in [0.15, 0.2) is 5.82 Å². The lowest BCUT2D eigenvalue weighted by atomic mass is 9.98. The maximum atomic E-state index is 13.8. The van der Waals surface area contributed by atoms with Crippen molar-refractivity contribution in [2.24, 2.45) is 7.05 Å². The van der Waals surface area contributed by atoms with Gasteiger partial charge in [0, 0.05) is 44.1 Å². The second kappa shape index (κ2) is 8.92. The van der Waals surface area contributed by atoms with E-state index in [2.05, 4.69) is 10.00 Å². The molecule has 0 spiro atoms. The zero-order valence-electron chi connectivity index (χ0n) is 19.2. The third-order valence-corrected chi connectivity index (χ3v) is 6.64. The highest BCUT2D eigenvalue weighted by Crippen LogP contribution is 2.34. The van der Waals surface area contributed by atoms with Crippen LogP contribution in [-0.4, -0.2) is 43.6 Å². The fourth-order valence-corrected chi connectivity index (χ4v) is 5.01. The van der Waals surface area contributed by atoms with E-state index in [-0.39, 0.29) is 17.8 Å². The largest absolute Gasteiger partial charge is 0.352 e. The van der Waals surface area contributed by atoms with Crippen LogP contribution in [0.15, 0.2) is 36.7 Å². The summed E-state index contributed by atoms with van der Waals surface area (Å²) in [5.74, 6) is 1.38. The molecule has 1 amide bonds. The van der Waals surface area contributed by atoms with Crippen LogP contribution in [0.4, 0.5) is 10.2 Å². The van der Waals surface area contributed by atoms with Crippen molar-refractivity contribution in [3.05, 3.63) is 70.7 Å². The second-order valence-electron chi connectivity index (χ2n) is 9.04. The number of benzene rings is 1. The first kappa shape index (κ1) is 21.6. The highest BCUT2D eigenvalue weighted by molar-refractivity contribution is 5.94. The molecule has 1 aromatic carbocycles. The van der Waals surface area contributed by atoms with Gasteiger partial charge >= 0.3 is 0 Å². The van der Waals surface area contributed by atoms with E-state index in [4.69, 9.17) is 9.97 Å². The summed E-state index contributed by atoms with van der Waals surface area (Å²) in [5.41, 5.74) is 3.64. The average molecular weight is 449 g/mol. The molecule has 0 radical (unpaired) electrons. The van der Waals surface area contributed by atoms with E-state index < -0.39 is 0 Å². The first-order valence-electron chi connectivity index (χ1n) is 11.7. The third kappa shape index (κ3) is 4.34. The van der Waals surface area contributed by atoms with E-state index in [1.54, 1.807) is 29.2 Å². The molecule has 3 aromatic rings. The van der Waals surface area contributed by atoms with Gasteiger partial charge in [-0.2, -0.15) is 5.10 Å². The molecule has 0 N–H and O–H groups in total. The molecule has 172 valence electrons. The topological polar surface area (TPSA) is 67.2 Å². The molecular weight excluding hydrogens is 419 g/mol. The number of aromatic nitrogens is 4. The van der Waals surface area contributed by atoms with Crippen molar-refractivity contribution in [2.45, 2.75) is 51.6 Å². The maximum Gasteiger partial charge on any atom is 0.257 e. The van der Waals surface area contributed by atoms with Gasteiger partial charge in [0.25, 0.3) is 5.91 Å². The van der Waals surface area contributed by atoms with Crippen LogP contribution in [0, 0.1) is 12.7 Å². The number of likely N-dealkylation sites (tertiary alicyclic amines) is 1. The van der Waals surface area contributed by atoms with E-state index in [0.29, 0.717) is 24.5 Å². The standard InChI is InChI=1S/C25H29FN6O/c1-17-21-9-6-11-31(15-18-7-5-8-20(26)13-18)24(21)29-23(28-17)22-10-3-4-12-32(22)25(33)19-14-27-30(2)16-19/h5,7-8,13-14,16,22H,3-4,6,9-12,15H2,1-2H3/t22-/m0/s1. The molecular formula is C25H29FN6O. The Morgan fingerprint density at radius 2 is 2.06 bits per heavy atom. The monoisotopic (exact) mass is 448 g/mol. The fraction of sp³-hybridized carbons (Fsp3) is 0.440. The minimum atomic E-state index is -0.226. The molecule has 0 bridgehead atoms. The molecule has 0 saturated carbocycles. The van der Waals surface area contributed by atoms with Crippen LogP contribution in [0.2, 0.25) is 0 Å². The number of rotatable bonds is 4. The first-order chi connectivity index (χ1) is 16.0. The van der Waals surface area contributed by atoms with Crippen LogP contribution in [-0.2, 0) is 20.0 Å². The molecule has 5 rings (SSSR count). The van der Waals surface area contributed by atoms with Crippen LogP contribution >= 0.6 is 0 Å². The van der Waals surface area contributed by atoms with Gasteiger partial charge in [-0.05, 0) is 56.7 Å². The van der Waals surface area contributed by atoms with Crippen LogP contribution in [0.5, 0.6) is 0 Å². The molecule has 1 saturated heterocycles. The van der Waals surface area contributed by atoms with Crippen LogP contribution in [0.3, 0.4) is 0 Å². The Morgan fingerprint density at radius 1 is 1.18 bits per heavy atom. The van der Waals surface area contributed by atoms with Crippen molar-refractivity contribution in [1.82, 2.24) is 24.6 Å². The molecule has 2 aliphatic rings. The zero-order valence-corrected chi connectivity index (χ0v) is 19.2. The Kier molecular flexibility index (Phi) is 5.83. The molecule has 1 atom stereocenters. The highest BCUT2D eigenvalue weighted by Gasteiger charge is 2.33. The number of anilines is 1. The van der Waals surface area contributed by atoms with Gasteiger partial charge in [-0.15, -0.1) is 0 Å². The Labute approximate surface area is 193 Å². The average Bonchev–Trinajstić information content (AvgIpc) is 3.25. The van der Waals surface area contributed by atoms with E-state index in [1.807, 2.05) is 24.9 Å². The lowest BCUT2D eigenvalue weighted by molar-refractivity contribution is 0.0599. The molecule has 0 aliphatic carbocycles. The SMILES string of the molecule is Cc1nc([C@@H]2CCCCN2C(=O)c2cnn(C)c2)nc2c1CCCN2Cc1cccc(F)c1.